The predicted molar refractivity (Wildman–Crippen MR) is 124 cm³/mol. The average molecular weight is 478 g/mol. The molecule has 0 fully saturated rings. The Labute approximate surface area is 192 Å². The number of nitrogens with two attached hydrogens (primary N) is 2. The molecule has 0 aliphatic rings. The van der Waals surface area contributed by atoms with Gasteiger partial charge in [-0.15, -0.1) is 22.7 Å². The summed E-state index contributed by atoms with van der Waals surface area (Å²) in [5.41, 5.74) is 10.6. The van der Waals surface area contributed by atoms with E-state index in [4.69, 9.17) is 11.5 Å². The minimum atomic E-state index is -0.882. The van der Waals surface area contributed by atoms with Gasteiger partial charge in [-0.05, 0) is 55.2 Å². The number of aromatic nitrogens is 1. The smallest absolute Gasteiger partial charge is 0.270 e. The number of thiophene rings is 2. The highest BCUT2D eigenvalue weighted by Gasteiger charge is 2.36. The first-order chi connectivity index (χ1) is 14.6. The summed E-state index contributed by atoms with van der Waals surface area (Å²) in [6.45, 7) is 5.83. The minimum Gasteiger partial charge on any atom is -0.395 e. The summed E-state index contributed by atoms with van der Waals surface area (Å²) in [5.74, 6) is -1.60. The number of nitrogens with zero attached hydrogens (tertiary/aromatic N) is 2. The normalized spacial score (nSPS) is 12.4. The second-order valence-corrected chi connectivity index (χ2v) is 10.6. The van der Waals surface area contributed by atoms with E-state index in [2.05, 4.69) is 9.69 Å². The molecular formula is C20H23N5O3S3. The van der Waals surface area contributed by atoms with Crippen LogP contribution in [0.3, 0.4) is 0 Å². The number of nitrogens with one attached hydrogen (secondary N) is 1. The van der Waals surface area contributed by atoms with Crippen molar-refractivity contribution in [3.63, 3.8) is 0 Å². The Morgan fingerprint density at radius 2 is 1.84 bits per heavy atom. The fourth-order valence-electron chi connectivity index (χ4n) is 2.92. The van der Waals surface area contributed by atoms with Crippen molar-refractivity contribution in [2.24, 2.45) is 5.73 Å². The van der Waals surface area contributed by atoms with Gasteiger partial charge in [-0.25, -0.2) is 0 Å². The molecular weight excluding hydrogens is 454 g/mol. The Kier molecular flexibility index (Phi) is 6.77. The number of hydrogen-bond acceptors (Lipinski definition) is 8. The van der Waals surface area contributed by atoms with Crippen LogP contribution in [0.1, 0.15) is 56.7 Å². The van der Waals surface area contributed by atoms with E-state index in [0.29, 0.717) is 4.88 Å². The Bertz CT molecular complexity index is 1070. The number of amides is 3. The van der Waals surface area contributed by atoms with Crippen LogP contribution in [0.4, 0.5) is 5.69 Å². The van der Waals surface area contributed by atoms with E-state index < -0.39 is 23.4 Å². The summed E-state index contributed by atoms with van der Waals surface area (Å²) >= 11 is 3.66. The number of primary amides is 1. The summed E-state index contributed by atoms with van der Waals surface area (Å²) in [4.78, 5) is 41.7. The van der Waals surface area contributed by atoms with Crippen molar-refractivity contribution in [2.45, 2.75) is 38.9 Å². The molecule has 8 nitrogen and oxygen atoms in total. The zero-order chi connectivity index (χ0) is 22.8. The van der Waals surface area contributed by atoms with Crippen LogP contribution in [-0.2, 0) is 11.3 Å². The second-order valence-electron chi connectivity index (χ2n) is 7.81. The Hall–Kier alpha value is -2.76. The Balaban J connectivity index is 2.08. The lowest BCUT2D eigenvalue weighted by Gasteiger charge is -2.32. The van der Waals surface area contributed by atoms with Crippen LogP contribution in [0.2, 0.25) is 0 Å². The van der Waals surface area contributed by atoms with Crippen molar-refractivity contribution >= 4 is 57.6 Å². The van der Waals surface area contributed by atoms with Crippen molar-refractivity contribution in [2.75, 3.05) is 5.73 Å². The van der Waals surface area contributed by atoms with Crippen LogP contribution in [-0.4, -0.2) is 32.5 Å². The first-order valence-corrected chi connectivity index (χ1v) is 11.9. The lowest BCUT2D eigenvalue weighted by atomic mass is 10.1. The first-order valence-electron chi connectivity index (χ1n) is 9.32. The van der Waals surface area contributed by atoms with Crippen LogP contribution in [0.15, 0.2) is 35.0 Å². The van der Waals surface area contributed by atoms with E-state index in [0.717, 1.165) is 16.4 Å². The van der Waals surface area contributed by atoms with Crippen LogP contribution >= 0.6 is 34.2 Å². The van der Waals surface area contributed by atoms with Crippen LogP contribution in [0, 0.1) is 0 Å². The fourth-order valence-corrected chi connectivity index (χ4v) is 5.22. The van der Waals surface area contributed by atoms with E-state index in [1.165, 1.54) is 27.6 Å². The van der Waals surface area contributed by atoms with E-state index in [9.17, 15) is 14.4 Å². The topological polar surface area (TPSA) is 131 Å². The lowest BCUT2D eigenvalue weighted by molar-refractivity contribution is -0.127. The van der Waals surface area contributed by atoms with E-state index >= 15 is 0 Å². The quantitative estimate of drug-likeness (QED) is 0.481. The third-order valence-electron chi connectivity index (χ3n) is 4.19. The van der Waals surface area contributed by atoms with Crippen molar-refractivity contribution in [1.82, 2.24) is 14.6 Å². The number of hydrogen-bond donors (Lipinski definition) is 3. The molecule has 1 unspecified atom stereocenters. The van der Waals surface area contributed by atoms with E-state index in [1.54, 1.807) is 0 Å². The molecule has 0 bridgehead atoms. The largest absolute Gasteiger partial charge is 0.395 e. The number of carbonyl (C=O) groups is 3. The molecule has 0 spiro atoms. The zero-order valence-electron chi connectivity index (χ0n) is 17.2. The molecule has 3 heterocycles. The predicted octanol–water partition coefficient (Wildman–Crippen LogP) is 3.25. The van der Waals surface area contributed by atoms with E-state index in [1.807, 2.05) is 55.8 Å². The highest BCUT2D eigenvalue weighted by atomic mass is 32.1. The minimum absolute atomic E-state index is 0.0696. The second kappa shape index (κ2) is 9.16. The average Bonchev–Trinajstić information content (AvgIpc) is 3.41. The van der Waals surface area contributed by atoms with Crippen LogP contribution in [0.25, 0.3) is 0 Å². The summed E-state index contributed by atoms with van der Waals surface area (Å²) in [6.07, 6.45) is 0. The molecule has 31 heavy (non-hydrogen) atoms. The van der Waals surface area contributed by atoms with Gasteiger partial charge in [0.2, 0.25) is 5.91 Å². The zero-order valence-corrected chi connectivity index (χ0v) is 19.7. The molecule has 0 aliphatic heterocycles. The molecule has 3 aromatic heterocycles. The molecule has 0 aliphatic carbocycles. The van der Waals surface area contributed by atoms with Gasteiger partial charge in [0, 0.05) is 15.3 Å². The van der Waals surface area contributed by atoms with Gasteiger partial charge in [0.05, 0.1) is 12.2 Å². The molecule has 5 N–H and O–H groups in total. The van der Waals surface area contributed by atoms with Gasteiger partial charge in [-0.3, -0.25) is 14.4 Å². The highest BCUT2D eigenvalue weighted by Crippen LogP contribution is 2.33. The Morgan fingerprint density at radius 1 is 1.16 bits per heavy atom. The molecule has 1 atom stereocenters. The summed E-state index contributed by atoms with van der Waals surface area (Å²) in [6, 6.07) is 6.54. The molecule has 3 amide bonds. The molecule has 0 radical (unpaired) electrons. The molecule has 3 rings (SSSR count). The van der Waals surface area contributed by atoms with Gasteiger partial charge in [0.1, 0.15) is 10.9 Å². The van der Waals surface area contributed by atoms with Gasteiger partial charge in [0.25, 0.3) is 11.8 Å². The van der Waals surface area contributed by atoms with Gasteiger partial charge < -0.3 is 21.7 Å². The number of carbonyl (C=O) groups excluding carboxylic acids is 3. The maximum absolute atomic E-state index is 13.6. The van der Waals surface area contributed by atoms with Crippen molar-refractivity contribution in [1.29, 1.82) is 0 Å². The third-order valence-corrected chi connectivity index (χ3v) is 6.83. The monoisotopic (exact) mass is 477 g/mol. The van der Waals surface area contributed by atoms with Gasteiger partial charge in [0.15, 0.2) is 5.69 Å². The fraction of sp³-hybridized carbons (Fsp3) is 0.300. The van der Waals surface area contributed by atoms with E-state index in [-0.39, 0.29) is 28.7 Å². The molecule has 3 aromatic rings. The maximum Gasteiger partial charge on any atom is 0.270 e. The maximum atomic E-state index is 13.6. The third kappa shape index (κ3) is 5.30. The standard InChI is InChI=1S/C20H23N5O3S3/c1-20(2,3)23-18(27)15(12-7-5-9-30-12)25(10-11-6-4-8-29-11)19(28)16-13(21)14(17(22)26)24-31-16/h4-9,15H,10,21H2,1-3H3,(H2,22,26)(H,23,27). The van der Waals surface area contributed by atoms with Crippen LogP contribution in [0.5, 0.6) is 0 Å². The Morgan fingerprint density at radius 3 is 2.35 bits per heavy atom. The lowest BCUT2D eigenvalue weighted by Crippen LogP contribution is -2.48. The van der Waals surface area contributed by atoms with Gasteiger partial charge in [-0.2, -0.15) is 4.37 Å². The van der Waals surface area contributed by atoms with Gasteiger partial charge >= 0.3 is 0 Å². The molecule has 0 aromatic carbocycles. The number of nitrogen functional groups attached to an aromatic ring is 1. The molecule has 11 heteroatoms. The first kappa shape index (κ1) is 22.9. The van der Waals surface area contributed by atoms with Crippen molar-refractivity contribution in [3.05, 3.63) is 55.4 Å². The van der Waals surface area contributed by atoms with Crippen molar-refractivity contribution in [3.8, 4) is 0 Å². The van der Waals surface area contributed by atoms with Crippen molar-refractivity contribution < 1.29 is 14.4 Å². The number of rotatable bonds is 7. The summed E-state index contributed by atoms with van der Waals surface area (Å²) < 4.78 is 3.94. The summed E-state index contributed by atoms with van der Waals surface area (Å²) in [7, 11) is 0. The molecule has 0 saturated carbocycles. The highest BCUT2D eigenvalue weighted by molar-refractivity contribution is 7.10. The SMILES string of the molecule is CC(C)(C)NC(=O)C(c1cccs1)N(Cc1cccs1)C(=O)c1snc(C(N)=O)c1N. The summed E-state index contributed by atoms with van der Waals surface area (Å²) in [5, 5.41) is 6.73. The molecule has 164 valence electrons. The number of anilines is 1. The van der Waals surface area contributed by atoms with Crippen LogP contribution < -0.4 is 16.8 Å². The molecule has 0 saturated heterocycles. The van der Waals surface area contributed by atoms with Gasteiger partial charge in [-0.1, -0.05) is 12.1 Å².